The van der Waals surface area contributed by atoms with E-state index in [1.165, 1.54) is 11.3 Å². The highest BCUT2D eigenvalue weighted by atomic mass is 16.4. The topological polar surface area (TPSA) is 74.7 Å². The molecular formula is C16H18N4O. The summed E-state index contributed by atoms with van der Waals surface area (Å²) >= 11 is 0. The minimum atomic E-state index is 0.0219. The minimum Gasteiger partial charge on any atom is -0.409 e. The van der Waals surface area contributed by atoms with Gasteiger partial charge in [0.2, 0.25) is 0 Å². The van der Waals surface area contributed by atoms with Crippen LogP contribution in [-0.4, -0.2) is 22.1 Å². The zero-order valence-electron chi connectivity index (χ0n) is 11.9. The molecule has 2 heterocycles. The number of nitrogens with zero attached hydrogens (tertiary/aromatic N) is 3. The molecule has 1 aromatic heterocycles. The predicted octanol–water partition coefficient (Wildman–Crippen LogP) is 2.65. The first-order chi connectivity index (χ1) is 10.2. The molecule has 3 N–H and O–H groups in total. The highest BCUT2D eigenvalue weighted by Gasteiger charge is 2.24. The zero-order valence-corrected chi connectivity index (χ0v) is 11.9. The van der Waals surface area contributed by atoms with Crippen LogP contribution in [0, 0.1) is 0 Å². The number of para-hydroxylation sites is 1. The minimum absolute atomic E-state index is 0.0219. The van der Waals surface area contributed by atoms with E-state index >= 15 is 0 Å². The van der Waals surface area contributed by atoms with E-state index in [4.69, 9.17) is 10.9 Å². The summed E-state index contributed by atoms with van der Waals surface area (Å²) in [7, 11) is 0. The molecule has 5 heteroatoms. The number of oxime groups is 1. The molecule has 0 fully saturated rings. The second kappa shape index (κ2) is 5.44. The van der Waals surface area contributed by atoms with Crippen molar-refractivity contribution in [2.75, 3.05) is 4.90 Å². The van der Waals surface area contributed by atoms with Crippen LogP contribution in [0.5, 0.6) is 0 Å². The van der Waals surface area contributed by atoms with E-state index in [2.05, 4.69) is 46.2 Å². The molecular weight excluding hydrogens is 264 g/mol. The van der Waals surface area contributed by atoms with Gasteiger partial charge in [0.25, 0.3) is 0 Å². The third kappa shape index (κ3) is 2.42. The van der Waals surface area contributed by atoms with E-state index in [1.54, 1.807) is 12.3 Å². The zero-order chi connectivity index (χ0) is 14.8. The van der Waals surface area contributed by atoms with Crippen LogP contribution in [0.3, 0.4) is 0 Å². The summed E-state index contributed by atoms with van der Waals surface area (Å²) in [5.74, 6) is 0.0219. The number of hydrogen-bond acceptors (Lipinski definition) is 4. The van der Waals surface area contributed by atoms with E-state index in [1.807, 2.05) is 6.07 Å². The fraction of sp³-hybridized carbons (Fsp3) is 0.250. The van der Waals surface area contributed by atoms with E-state index in [9.17, 15) is 0 Å². The molecule has 0 radical (unpaired) electrons. The Kier molecular flexibility index (Phi) is 3.48. The number of benzene rings is 1. The molecule has 0 aliphatic carbocycles. The smallest absolute Gasteiger partial charge is 0.188 e. The Morgan fingerprint density at radius 1 is 1.33 bits per heavy atom. The van der Waals surface area contributed by atoms with Crippen molar-refractivity contribution in [2.24, 2.45) is 10.9 Å². The Morgan fingerprint density at radius 3 is 2.86 bits per heavy atom. The Labute approximate surface area is 123 Å². The van der Waals surface area contributed by atoms with Gasteiger partial charge in [0.15, 0.2) is 5.84 Å². The van der Waals surface area contributed by atoms with Crippen molar-refractivity contribution in [3.05, 3.63) is 53.9 Å². The number of aromatic nitrogens is 1. The van der Waals surface area contributed by atoms with Gasteiger partial charge in [-0.05, 0) is 43.5 Å². The van der Waals surface area contributed by atoms with Crippen molar-refractivity contribution in [3.63, 3.8) is 0 Å². The van der Waals surface area contributed by atoms with Gasteiger partial charge in [0.1, 0.15) is 5.69 Å². The van der Waals surface area contributed by atoms with Gasteiger partial charge in [-0.2, -0.15) is 0 Å². The number of anilines is 2. The molecule has 0 spiro atoms. The second-order valence-corrected chi connectivity index (χ2v) is 5.27. The number of fused-ring (bicyclic) bond motifs is 1. The van der Waals surface area contributed by atoms with Gasteiger partial charge in [0.05, 0.1) is 11.9 Å². The Balaban J connectivity index is 2.00. The fourth-order valence-corrected chi connectivity index (χ4v) is 2.81. The molecule has 2 aromatic rings. The Hall–Kier alpha value is -2.56. The molecule has 3 rings (SSSR count). The van der Waals surface area contributed by atoms with Gasteiger partial charge in [-0.15, -0.1) is 0 Å². The standard InChI is InChI=1S/C16H18N4O/c1-11-6-7-12-4-2-3-5-15(12)20(11)13-8-9-14(18-10-13)16(17)19-21/h2-5,8-11,21H,6-7H2,1H3,(H2,17,19). The van der Waals surface area contributed by atoms with Crippen LogP contribution in [0.15, 0.2) is 47.8 Å². The number of hydrogen-bond donors (Lipinski definition) is 2. The molecule has 1 aromatic carbocycles. The number of amidine groups is 1. The molecule has 1 aliphatic heterocycles. The second-order valence-electron chi connectivity index (χ2n) is 5.27. The average Bonchev–Trinajstić information content (AvgIpc) is 2.54. The van der Waals surface area contributed by atoms with Crippen LogP contribution in [0.1, 0.15) is 24.6 Å². The fourth-order valence-electron chi connectivity index (χ4n) is 2.81. The van der Waals surface area contributed by atoms with E-state index < -0.39 is 0 Å². The summed E-state index contributed by atoms with van der Waals surface area (Å²) in [6.45, 7) is 2.22. The van der Waals surface area contributed by atoms with Crippen LogP contribution in [-0.2, 0) is 6.42 Å². The first kappa shape index (κ1) is 13.4. The van der Waals surface area contributed by atoms with Crippen molar-refractivity contribution >= 4 is 17.2 Å². The third-order valence-electron chi connectivity index (χ3n) is 3.92. The van der Waals surface area contributed by atoms with Gasteiger partial charge >= 0.3 is 0 Å². The summed E-state index contributed by atoms with van der Waals surface area (Å²) in [4.78, 5) is 6.57. The van der Waals surface area contributed by atoms with Crippen LogP contribution in [0.4, 0.5) is 11.4 Å². The molecule has 0 bridgehead atoms. The average molecular weight is 282 g/mol. The summed E-state index contributed by atoms with van der Waals surface area (Å²) in [6, 6.07) is 12.6. The van der Waals surface area contributed by atoms with Gasteiger partial charge in [-0.3, -0.25) is 4.98 Å². The lowest BCUT2D eigenvalue weighted by Gasteiger charge is -2.37. The van der Waals surface area contributed by atoms with E-state index in [0.29, 0.717) is 11.7 Å². The Morgan fingerprint density at radius 2 is 2.14 bits per heavy atom. The van der Waals surface area contributed by atoms with Crippen molar-refractivity contribution < 1.29 is 5.21 Å². The van der Waals surface area contributed by atoms with Gasteiger partial charge in [-0.1, -0.05) is 23.4 Å². The third-order valence-corrected chi connectivity index (χ3v) is 3.92. The lowest BCUT2D eigenvalue weighted by Crippen LogP contribution is -2.33. The van der Waals surface area contributed by atoms with E-state index in [0.717, 1.165) is 18.5 Å². The quantitative estimate of drug-likeness (QED) is 0.384. The molecule has 0 saturated heterocycles. The monoisotopic (exact) mass is 282 g/mol. The van der Waals surface area contributed by atoms with Gasteiger partial charge in [-0.25, -0.2) is 0 Å². The summed E-state index contributed by atoms with van der Waals surface area (Å²) in [5, 5.41) is 11.7. The van der Waals surface area contributed by atoms with Crippen LogP contribution in [0.2, 0.25) is 0 Å². The molecule has 21 heavy (non-hydrogen) atoms. The van der Waals surface area contributed by atoms with Crippen LogP contribution < -0.4 is 10.6 Å². The summed E-state index contributed by atoms with van der Waals surface area (Å²) in [5.41, 5.74) is 9.63. The van der Waals surface area contributed by atoms with Crippen molar-refractivity contribution in [3.8, 4) is 0 Å². The van der Waals surface area contributed by atoms with Crippen molar-refractivity contribution in [2.45, 2.75) is 25.8 Å². The molecule has 1 aliphatic rings. The molecule has 108 valence electrons. The van der Waals surface area contributed by atoms with Crippen molar-refractivity contribution in [1.82, 2.24) is 4.98 Å². The highest BCUT2D eigenvalue weighted by Crippen LogP contribution is 2.36. The molecule has 0 saturated carbocycles. The number of nitrogens with two attached hydrogens (primary N) is 1. The largest absolute Gasteiger partial charge is 0.409 e. The molecule has 5 nitrogen and oxygen atoms in total. The van der Waals surface area contributed by atoms with Crippen molar-refractivity contribution in [1.29, 1.82) is 0 Å². The normalized spacial score (nSPS) is 18.4. The van der Waals surface area contributed by atoms with Crippen LogP contribution >= 0.6 is 0 Å². The maximum absolute atomic E-state index is 8.69. The predicted molar refractivity (Wildman–Crippen MR) is 83.1 cm³/mol. The van der Waals surface area contributed by atoms with Gasteiger partial charge < -0.3 is 15.8 Å². The first-order valence-electron chi connectivity index (χ1n) is 7.02. The maximum Gasteiger partial charge on any atom is 0.188 e. The van der Waals surface area contributed by atoms with Crippen LogP contribution in [0.25, 0.3) is 0 Å². The summed E-state index contributed by atoms with van der Waals surface area (Å²) in [6.07, 6.45) is 3.98. The molecule has 1 atom stereocenters. The summed E-state index contributed by atoms with van der Waals surface area (Å²) < 4.78 is 0. The number of aryl methyl sites for hydroxylation is 1. The SMILES string of the molecule is CC1CCc2ccccc2N1c1ccc(/C(N)=N/O)nc1. The first-order valence-corrected chi connectivity index (χ1v) is 7.02. The van der Waals surface area contributed by atoms with E-state index in [-0.39, 0.29) is 5.84 Å². The Bertz CT molecular complexity index is 666. The highest BCUT2D eigenvalue weighted by molar-refractivity contribution is 5.95. The molecule has 0 amide bonds. The lowest BCUT2D eigenvalue weighted by atomic mass is 9.96. The molecule has 1 unspecified atom stereocenters. The number of rotatable bonds is 2. The van der Waals surface area contributed by atoms with Gasteiger partial charge in [0, 0.05) is 11.7 Å². The lowest BCUT2D eigenvalue weighted by molar-refractivity contribution is 0.318. The maximum atomic E-state index is 8.69. The number of pyridine rings is 1.